The Balaban J connectivity index is 3.28. The highest BCUT2D eigenvalue weighted by Gasteiger charge is 2.35. The van der Waals surface area contributed by atoms with Gasteiger partial charge < -0.3 is 19.7 Å². The van der Waals surface area contributed by atoms with Crippen LogP contribution < -0.4 is 14.8 Å². The molecule has 120 valence electrons. The van der Waals surface area contributed by atoms with Crippen molar-refractivity contribution < 1.29 is 9.47 Å². The minimum Gasteiger partial charge on any atom is -0.493 e. The van der Waals surface area contributed by atoms with Crippen LogP contribution in [0, 0.1) is 0 Å². The summed E-state index contributed by atoms with van der Waals surface area (Å²) in [6, 6.07) is 6.39. The first kappa shape index (κ1) is 17.8. The van der Waals surface area contributed by atoms with Crippen molar-refractivity contribution in [1.29, 1.82) is 0 Å². The first-order valence-electron chi connectivity index (χ1n) is 7.57. The van der Waals surface area contributed by atoms with E-state index in [0.717, 1.165) is 24.5 Å². The van der Waals surface area contributed by atoms with Gasteiger partial charge >= 0.3 is 0 Å². The van der Waals surface area contributed by atoms with Crippen LogP contribution in [0.4, 0.5) is 0 Å². The number of ether oxygens (including phenoxy) is 2. The predicted molar refractivity (Wildman–Crippen MR) is 88.3 cm³/mol. The molecule has 4 nitrogen and oxygen atoms in total. The van der Waals surface area contributed by atoms with E-state index in [1.54, 1.807) is 14.2 Å². The third-order valence-corrected chi connectivity index (χ3v) is 4.51. The van der Waals surface area contributed by atoms with Gasteiger partial charge in [-0.15, -0.1) is 0 Å². The molecule has 0 aliphatic rings. The van der Waals surface area contributed by atoms with Crippen LogP contribution in [0.5, 0.6) is 11.5 Å². The summed E-state index contributed by atoms with van der Waals surface area (Å²) >= 11 is 0. The molecule has 1 rings (SSSR count). The van der Waals surface area contributed by atoms with E-state index >= 15 is 0 Å². The van der Waals surface area contributed by atoms with E-state index in [0.29, 0.717) is 0 Å². The number of nitrogens with zero attached hydrogens (tertiary/aromatic N) is 1. The second-order valence-corrected chi connectivity index (χ2v) is 5.71. The first-order valence-corrected chi connectivity index (χ1v) is 7.57. The van der Waals surface area contributed by atoms with E-state index in [4.69, 9.17) is 9.47 Å². The summed E-state index contributed by atoms with van der Waals surface area (Å²) in [6.07, 6.45) is 1.05. The molecule has 0 amide bonds. The van der Waals surface area contributed by atoms with Crippen LogP contribution in [0.2, 0.25) is 0 Å². The molecule has 0 saturated carbocycles. The quantitative estimate of drug-likeness (QED) is 0.799. The zero-order chi connectivity index (χ0) is 16.0. The summed E-state index contributed by atoms with van der Waals surface area (Å²) in [5, 5.41) is 3.62. The van der Waals surface area contributed by atoms with Gasteiger partial charge in [-0.1, -0.05) is 19.9 Å². The zero-order valence-corrected chi connectivity index (χ0v) is 14.5. The number of hydrogen-bond donors (Lipinski definition) is 1. The molecule has 0 aromatic heterocycles. The van der Waals surface area contributed by atoms with Gasteiger partial charge in [-0.2, -0.15) is 0 Å². The average Bonchev–Trinajstić information content (AvgIpc) is 2.50. The third-order valence-electron chi connectivity index (χ3n) is 4.51. The van der Waals surface area contributed by atoms with Crippen molar-refractivity contribution in [2.24, 2.45) is 0 Å². The van der Waals surface area contributed by atoms with Gasteiger partial charge in [0.1, 0.15) is 0 Å². The molecule has 0 spiro atoms. The number of likely N-dealkylation sites (N-methyl/N-ethyl adjacent to an activating group) is 2. The molecule has 2 atom stereocenters. The van der Waals surface area contributed by atoms with Gasteiger partial charge in [0, 0.05) is 5.54 Å². The Morgan fingerprint density at radius 2 is 1.76 bits per heavy atom. The van der Waals surface area contributed by atoms with Crippen molar-refractivity contribution in [2.45, 2.75) is 38.8 Å². The lowest BCUT2D eigenvalue weighted by Crippen LogP contribution is -2.51. The number of methoxy groups -OCH3 is 2. The topological polar surface area (TPSA) is 33.7 Å². The minimum absolute atomic E-state index is 0.0234. The summed E-state index contributed by atoms with van der Waals surface area (Å²) in [7, 11) is 7.60. The van der Waals surface area contributed by atoms with Gasteiger partial charge in [-0.05, 0) is 51.7 Å². The fraction of sp³-hybridized carbons (Fsp3) is 0.647. The largest absolute Gasteiger partial charge is 0.493 e. The van der Waals surface area contributed by atoms with Crippen LogP contribution in [0.3, 0.4) is 0 Å². The lowest BCUT2D eigenvalue weighted by molar-refractivity contribution is 0.113. The number of benzene rings is 1. The summed E-state index contributed by atoms with van der Waals surface area (Å²) < 4.78 is 10.8. The number of nitrogens with one attached hydrogen (secondary N) is 1. The molecule has 1 aromatic rings. The van der Waals surface area contributed by atoms with Gasteiger partial charge in [0.05, 0.1) is 20.3 Å². The molecule has 0 heterocycles. The fourth-order valence-electron chi connectivity index (χ4n) is 2.71. The molecular weight excluding hydrogens is 264 g/mol. The predicted octanol–water partition coefficient (Wildman–Crippen LogP) is 3.08. The zero-order valence-electron chi connectivity index (χ0n) is 14.5. The lowest BCUT2D eigenvalue weighted by Gasteiger charge is -2.43. The molecule has 0 fully saturated rings. The maximum atomic E-state index is 5.45. The Morgan fingerprint density at radius 3 is 2.19 bits per heavy atom. The molecular formula is C17H30N2O2. The molecule has 1 aromatic carbocycles. The second-order valence-electron chi connectivity index (χ2n) is 5.71. The van der Waals surface area contributed by atoms with Gasteiger partial charge in [-0.25, -0.2) is 0 Å². The van der Waals surface area contributed by atoms with Crippen molar-refractivity contribution in [2.75, 3.05) is 34.9 Å². The number of hydrogen-bond acceptors (Lipinski definition) is 4. The molecule has 0 aliphatic heterocycles. The summed E-state index contributed by atoms with van der Waals surface area (Å²) in [5.41, 5.74) is 1.24. The minimum atomic E-state index is 0.0234. The normalized spacial score (nSPS) is 15.6. The van der Waals surface area contributed by atoms with Crippen LogP contribution in [-0.2, 0) is 0 Å². The Kier molecular flexibility index (Phi) is 6.49. The maximum absolute atomic E-state index is 5.45. The molecule has 0 aliphatic carbocycles. The Hall–Kier alpha value is -1.26. The average molecular weight is 294 g/mol. The lowest BCUT2D eigenvalue weighted by atomic mass is 9.83. The fourth-order valence-corrected chi connectivity index (χ4v) is 2.71. The van der Waals surface area contributed by atoms with Crippen molar-refractivity contribution >= 4 is 0 Å². The summed E-state index contributed by atoms with van der Waals surface area (Å²) in [6.45, 7) is 7.57. The second kappa shape index (κ2) is 7.66. The van der Waals surface area contributed by atoms with Gasteiger partial charge in [0.25, 0.3) is 0 Å². The summed E-state index contributed by atoms with van der Waals surface area (Å²) in [4.78, 5) is 2.29. The SMILES string of the molecule is CCNC(c1ccc(OC)c(OC)c1)C(C)(CC)N(C)C. The summed E-state index contributed by atoms with van der Waals surface area (Å²) in [5.74, 6) is 1.54. The maximum Gasteiger partial charge on any atom is 0.161 e. The van der Waals surface area contributed by atoms with Crippen LogP contribution in [0.15, 0.2) is 18.2 Å². The third kappa shape index (κ3) is 3.69. The van der Waals surface area contributed by atoms with Crippen molar-refractivity contribution in [3.63, 3.8) is 0 Å². The standard InChI is InChI=1S/C17H30N2O2/c1-8-17(3,19(4)5)16(18-9-2)13-10-11-14(20-6)15(12-13)21-7/h10-12,16,18H,8-9H2,1-7H3. The van der Waals surface area contributed by atoms with E-state index < -0.39 is 0 Å². The van der Waals surface area contributed by atoms with Crippen molar-refractivity contribution in [3.05, 3.63) is 23.8 Å². The van der Waals surface area contributed by atoms with E-state index in [-0.39, 0.29) is 11.6 Å². The van der Waals surface area contributed by atoms with Crippen LogP contribution in [0.25, 0.3) is 0 Å². The molecule has 4 heteroatoms. The first-order chi connectivity index (χ1) is 9.94. The van der Waals surface area contributed by atoms with Crippen molar-refractivity contribution in [3.8, 4) is 11.5 Å². The van der Waals surface area contributed by atoms with Crippen LogP contribution >= 0.6 is 0 Å². The highest BCUT2D eigenvalue weighted by molar-refractivity contribution is 5.44. The van der Waals surface area contributed by atoms with Gasteiger partial charge in [0.2, 0.25) is 0 Å². The monoisotopic (exact) mass is 294 g/mol. The van der Waals surface area contributed by atoms with E-state index in [1.807, 2.05) is 6.07 Å². The van der Waals surface area contributed by atoms with E-state index in [2.05, 4.69) is 57.2 Å². The highest BCUT2D eigenvalue weighted by Crippen LogP contribution is 2.37. The Morgan fingerprint density at radius 1 is 1.14 bits per heavy atom. The Bertz CT molecular complexity index is 448. The molecule has 2 unspecified atom stereocenters. The van der Waals surface area contributed by atoms with Gasteiger partial charge in [-0.3, -0.25) is 0 Å². The molecule has 21 heavy (non-hydrogen) atoms. The molecule has 0 bridgehead atoms. The van der Waals surface area contributed by atoms with Gasteiger partial charge in [0.15, 0.2) is 11.5 Å². The van der Waals surface area contributed by atoms with Crippen molar-refractivity contribution in [1.82, 2.24) is 10.2 Å². The van der Waals surface area contributed by atoms with E-state index in [1.165, 1.54) is 5.56 Å². The molecule has 0 radical (unpaired) electrons. The molecule has 1 N–H and O–H groups in total. The van der Waals surface area contributed by atoms with E-state index in [9.17, 15) is 0 Å². The van der Waals surface area contributed by atoms with Crippen LogP contribution in [-0.4, -0.2) is 45.3 Å². The number of rotatable bonds is 8. The smallest absolute Gasteiger partial charge is 0.161 e. The highest BCUT2D eigenvalue weighted by atomic mass is 16.5. The Labute approximate surface area is 129 Å². The van der Waals surface area contributed by atoms with Crippen LogP contribution in [0.1, 0.15) is 38.8 Å². The molecule has 0 saturated heterocycles.